The molecule has 0 amide bonds. The Kier molecular flexibility index (Phi) is 3.43. The molecule has 0 spiro atoms. The number of rotatable bonds is 1. The number of hydrogen-bond donors (Lipinski definition) is 0. The highest BCUT2D eigenvalue weighted by Crippen LogP contribution is 2.22. The van der Waals surface area contributed by atoms with Gasteiger partial charge in [-0.2, -0.15) is 0 Å². The van der Waals surface area contributed by atoms with Crippen LogP contribution in [0.15, 0.2) is 22.7 Å². The van der Waals surface area contributed by atoms with Crippen molar-refractivity contribution in [3.8, 4) is 0 Å². The maximum atomic E-state index is 5.75. The minimum atomic E-state index is -0.218. The van der Waals surface area contributed by atoms with Crippen LogP contribution in [0.4, 0.5) is 0 Å². The van der Waals surface area contributed by atoms with E-state index in [9.17, 15) is 0 Å². The van der Waals surface area contributed by atoms with E-state index in [0.29, 0.717) is 0 Å². The van der Waals surface area contributed by atoms with Crippen LogP contribution >= 0.6 is 15.9 Å². The van der Waals surface area contributed by atoms with Crippen molar-refractivity contribution in [3.63, 3.8) is 0 Å². The van der Waals surface area contributed by atoms with Gasteiger partial charge in [-0.15, -0.1) is 0 Å². The first-order valence-electron chi connectivity index (χ1n) is 5.47. The summed E-state index contributed by atoms with van der Waals surface area (Å²) >= 11 is 3.49. The highest BCUT2D eigenvalue weighted by molar-refractivity contribution is 9.10. The van der Waals surface area contributed by atoms with E-state index in [-0.39, 0.29) is 12.5 Å². The molecule has 0 N–H and O–H groups in total. The van der Waals surface area contributed by atoms with E-state index in [1.54, 1.807) is 0 Å². The van der Waals surface area contributed by atoms with Crippen molar-refractivity contribution in [1.82, 2.24) is 0 Å². The fraction of sp³-hybridized carbons (Fsp3) is 0.500. The third kappa shape index (κ3) is 2.87. The van der Waals surface area contributed by atoms with Crippen LogP contribution in [-0.2, 0) is 9.31 Å². The minimum absolute atomic E-state index is 0.123. The number of hydrogen-bond acceptors (Lipinski definition) is 2. The fourth-order valence-corrected chi connectivity index (χ4v) is 2.41. The quantitative estimate of drug-likeness (QED) is 0.737. The summed E-state index contributed by atoms with van der Waals surface area (Å²) in [5, 5.41) is 0. The largest absolute Gasteiger partial charge is 0.493 e. The van der Waals surface area contributed by atoms with Crippen LogP contribution in [0, 0.1) is 12.3 Å². The summed E-state index contributed by atoms with van der Waals surface area (Å²) in [6.45, 7) is 7.85. The predicted molar refractivity (Wildman–Crippen MR) is 70.0 cm³/mol. The smallest absolute Gasteiger partial charge is 0.407 e. The number of benzene rings is 1. The second-order valence-electron chi connectivity index (χ2n) is 5.18. The molecule has 86 valence electrons. The molecule has 0 unspecified atom stereocenters. The first-order chi connectivity index (χ1) is 7.46. The Balaban J connectivity index is 2.14. The van der Waals surface area contributed by atoms with Crippen LogP contribution in [0.1, 0.15) is 19.4 Å². The highest BCUT2D eigenvalue weighted by Gasteiger charge is 2.33. The Morgan fingerprint density at radius 1 is 1.19 bits per heavy atom. The zero-order chi connectivity index (χ0) is 11.8. The van der Waals surface area contributed by atoms with Gasteiger partial charge in [-0.05, 0) is 24.5 Å². The van der Waals surface area contributed by atoms with Crippen molar-refractivity contribution in [2.24, 2.45) is 5.41 Å². The lowest BCUT2D eigenvalue weighted by molar-refractivity contribution is 0.0343. The van der Waals surface area contributed by atoms with E-state index >= 15 is 0 Å². The van der Waals surface area contributed by atoms with E-state index in [2.05, 4.69) is 54.9 Å². The molecular formula is C12H16BBrO2. The van der Waals surface area contributed by atoms with Crippen molar-refractivity contribution in [1.29, 1.82) is 0 Å². The lowest BCUT2D eigenvalue weighted by Gasteiger charge is -2.33. The maximum Gasteiger partial charge on any atom is 0.493 e. The van der Waals surface area contributed by atoms with E-state index in [1.165, 1.54) is 5.56 Å². The average Bonchev–Trinajstić information content (AvgIpc) is 2.15. The van der Waals surface area contributed by atoms with Gasteiger partial charge in [0.25, 0.3) is 0 Å². The Labute approximate surface area is 106 Å². The van der Waals surface area contributed by atoms with Gasteiger partial charge in [-0.1, -0.05) is 41.4 Å². The molecule has 1 heterocycles. The van der Waals surface area contributed by atoms with Crippen molar-refractivity contribution in [2.45, 2.75) is 20.8 Å². The highest BCUT2D eigenvalue weighted by atomic mass is 79.9. The monoisotopic (exact) mass is 282 g/mol. The zero-order valence-electron chi connectivity index (χ0n) is 9.92. The Bertz CT molecular complexity index is 362. The second kappa shape index (κ2) is 4.51. The molecule has 2 nitrogen and oxygen atoms in total. The van der Waals surface area contributed by atoms with Crippen molar-refractivity contribution < 1.29 is 9.31 Å². The average molecular weight is 283 g/mol. The molecule has 0 aromatic heterocycles. The van der Waals surface area contributed by atoms with Gasteiger partial charge in [-0.3, -0.25) is 0 Å². The Morgan fingerprint density at radius 3 is 2.38 bits per heavy atom. The summed E-state index contributed by atoms with van der Waals surface area (Å²) in [5.41, 5.74) is 2.42. The SMILES string of the molecule is Cc1cc(Br)cc(B2OCC(C)(C)CO2)c1. The lowest BCUT2D eigenvalue weighted by atomic mass is 9.75. The van der Waals surface area contributed by atoms with Crippen molar-refractivity contribution in [2.75, 3.05) is 13.2 Å². The van der Waals surface area contributed by atoms with Gasteiger partial charge in [0.15, 0.2) is 0 Å². The Hall–Kier alpha value is -0.315. The molecule has 0 radical (unpaired) electrons. The molecule has 1 aliphatic rings. The van der Waals surface area contributed by atoms with E-state index in [1.807, 2.05) is 0 Å². The Morgan fingerprint density at radius 2 is 1.81 bits per heavy atom. The van der Waals surface area contributed by atoms with Gasteiger partial charge in [-0.25, -0.2) is 0 Å². The van der Waals surface area contributed by atoms with Crippen molar-refractivity contribution in [3.05, 3.63) is 28.2 Å². The van der Waals surface area contributed by atoms with E-state index in [0.717, 1.165) is 23.1 Å². The van der Waals surface area contributed by atoms with Gasteiger partial charge < -0.3 is 9.31 Å². The summed E-state index contributed by atoms with van der Waals surface area (Å²) in [5.74, 6) is 0. The molecule has 1 aromatic rings. The molecular weight excluding hydrogens is 267 g/mol. The van der Waals surface area contributed by atoms with Crippen LogP contribution in [0.3, 0.4) is 0 Å². The van der Waals surface area contributed by atoms with Crippen LogP contribution in [0.5, 0.6) is 0 Å². The first kappa shape index (κ1) is 12.2. The topological polar surface area (TPSA) is 18.5 Å². The fourth-order valence-electron chi connectivity index (χ4n) is 1.79. The van der Waals surface area contributed by atoms with Gasteiger partial charge in [0.1, 0.15) is 0 Å². The van der Waals surface area contributed by atoms with Gasteiger partial charge in [0, 0.05) is 23.1 Å². The molecule has 0 aliphatic carbocycles. The molecule has 16 heavy (non-hydrogen) atoms. The third-order valence-corrected chi connectivity index (χ3v) is 3.05. The first-order valence-corrected chi connectivity index (χ1v) is 6.26. The third-order valence-electron chi connectivity index (χ3n) is 2.59. The maximum absolute atomic E-state index is 5.75. The van der Waals surface area contributed by atoms with Crippen LogP contribution in [0.25, 0.3) is 0 Å². The molecule has 0 saturated carbocycles. The molecule has 4 heteroatoms. The molecule has 1 saturated heterocycles. The lowest BCUT2D eigenvalue weighted by Crippen LogP contribution is -2.47. The van der Waals surface area contributed by atoms with Gasteiger partial charge >= 0.3 is 7.12 Å². The molecule has 0 bridgehead atoms. The summed E-state index contributed by atoms with van der Waals surface area (Å²) in [4.78, 5) is 0. The second-order valence-corrected chi connectivity index (χ2v) is 6.10. The van der Waals surface area contributed by atoms with Crippen molar-refractivity contribution >= 4 is 28.5 Å². The molecule has 1 fully saturated rings. The molecule has 1 aromatic carbocycles. The summed E-state index contributed by atoms with van der Waals surface area (Å²) in [7, 11) is -0.218. The van der Waals surface area contributed by atoms with E-state index < -0.39 is 0 Å². The van der Waals surface area contributed by atoms with Gasteiger partial charge in [0.2, 0.25) is 0 Å². The predicted octanol–water partition coefficient (Wildman–Crippen LogP) is 2.53. The molecule has 0 atom stereocenters. The van der Waals surface area contributed by atoms with Crippen LogP contribution in [0.2, 0.25) is 0 Å². The summed E-state index contributed by atoms with van der Waals surface area (Å²) in [6, 6.07) is 6.24. The summed E-state index contributed by atoms with van der Waals surface area (Å²) in [6.07, 6.45) is 0. The zero-order valence-corrected chi connectivity index (χ0v) is 11.5. The normalized spacial score (nSPS) is 19.9. The standard InChI is InChI=1S/C12H16BBrO2/c1-9-4-10(6-11(14)5-9)13-15-7-12(2,3)8-16-13/h4-6H,7-8H2,1-3H3. The van der Waals surface area contributed by atoms with Crippen LogP contribution < -0.4 is 5.46 Å². The molecule has 1 aliphatic heterocycles. The van der Waals surface area contributed by atoms with Gasteiger partial charge in [0.05, 0.1) is 0 Å². The molecule has 2 rings (SSSR count). The number of halogens is 1. The van der Waals surface area contributed by atoms with E-state index in [4.69, 9.17) is 9.31 Å². The summed E-state index contributed by atoms with van der Waals surface area (Å²) < 4.78 is 12.6. The minimum Gasteiger partial charge on any atom is -0.407 e. The van der Waals surface area contributed by atoms with Crippen LogP contribution in [-0.4, -0.2) is 20.3 Å². The number of aryl methyl sites for hydroxylation is 1.